The van der Waals surface area contributed by atoms with Crippen molar-refractivity contribution >= 4 is 35.8 Å². The number of carbonyl (C=O) groups is 1. The lowest BCUT2D eigenvalue weighted by Gasteiger charge is -2.26. The smallest absolute Gasteiger partial charge is 0.241 e. The fourth-order valence-corrected chi connectivity index (χ4v) is 2.96. The number of benzene rings is 1. The minimum atomic E-state index is 0. The molecule has 0 bridgehead atoms. The highest BCUT2D eigenvalue weighted by Gasteiger charge is 2.10. The molecule has 1 amide bonds. The van der Waals surface area contributed by atoms with Crippen molar-refractivity contribution < 1.29 is 4.79 Å². The molecule has 27 heavy (non-hydrogen) atoms. The molecule has 1 aliphatic rings. The summed E-state index contributed by atoms with van der Waals surface area (Å²) >= 11 is 0. The van der Waals surface area contributed by atoms with Crippen molar-refractivity contribution in [3.63, 3.8) is 0 Å². The third-order valence-corrected chi connectivity index (χ3v) is 4.55. The number of nitrogens with one attached hydrogen (secondary N) is 2. The summed E-state index contributed by atoms with van der Waals surface area (Å²) in [6, 6.07) is 8.71. The number of rotatable bonds is 7. The Morgan fingerprint density at radius 1 is 1.07 bits per heavy atom. The van der Waals surface area contributed by atoms with Gasteiger partial charge in [-0.2, -0.15) is 0 Å². The van der Waals surface area contributed by atoms with Gasteiger partial charge in [0.25, 0.3) is 0 Å². The maximum Gasteiger partial charge on any atom is 0.241 e. The van der Waals surface area contributed by atoms with Gasteiger partial charge in [0.1, 0.15) is 0 Å². The molecule has 1 saturated heterocycles. The Morgan fingerprint density at radius 3 is 2.30 bits per heavy atom. The Labute approximate surface area is 180 Å². The van der Waals surface area contributed by atoms with E-state index in [4.69, 9.17) is 0 Å². The van der Waals surface area contributed by atoms with Crippen molar-refractivity contribution in [1.82, 2.24) is 20.4 Å². The number of piperidine rings is 1. The van der Waals surface area contributed by atoms with Crippen LogP contribution < -0.4 is 10.6 Å². The van der Waals surface area contributed by atoms with E-state index in [1.807, 2.05) is 6.92 Å². The third kappa shape index (κ3) is 8.92. The fraction of sp³-hybridized carbons (Fsp3) is 0.600. The van der Waals surface area contributed by atoms with Crippen LogP contribution in [0, 0.1) is 0 Å². The number of likely N-dealkylation sites (N-methyl/N-ethyl adjacent to an activating group) is 1. The van der Waals surface area contributed by atoms with Crippen molar-refractivity contribution in [3.05, 3.63) is 35.4 Å². The summed E-state index contributed by atoms with van der Waals surface area (Å²) in [5.74, 6) is 0.692. The Hall–Kier alpha value is -1.35. The van der Waals surface area contributed by atoms with Crippen LogP contribution in [0.3, 0.4) is 0 Å². The molecule has 0 spiro atoms. The standard InChI is InChI=1S/C20H33N5O.HI/c1-4-21-20(23-15-19(26)24(2)3)22-14-17-8-10-18(11-9-17)16-25-12-6-5-7-13-25;/h8-11H,4-7,12-16H2,1-3H3,(H2,21,22,23);1H. The average Bonchev–Trinajstić information content (AvgIpc) is 2.65. The van der Waals surface area contributed by atoms with E-state index in [1.165, 1.54) is 43.5 Å². The Bertz CT molecular complexity index is 583. The second-order valence-corrected chi connectivity index (χ2v) is 6.99. The summed E-state index contributed by atoms with van der Waals surface area (Å²) in [5.41, 5.74) is 2.53. The Balaban J connectivity index is 0.00000364. The van der Waals surface area contributed by atoms with E-state index in [2.05, 4.69) is 44.8 Å². The number of carbonyl (C=O) groups excluding carboxylic acids is 1. The van der Waals surface area contributed by atoms with Crippen LogP contribution in [0.15, 0.2) is 29.3 Å². The molecular weight excluding hydrogens is 453 g/mol. The van der Waals surface area contributed by atoms with Gasteiger partial charge in [-0.1, -0.05) is 30.7 Å². The van der Waals surface area contributed by atoms with Crippen molar-refractivity contribution in [1.29, 1.82) is 0 Å². The normalized spacial score (nSPS) is 15.0. The lowest BCUT2D eigenvalue weighted by molar-refractivity contribution is -0.127. The van der Waals surface area contributed by atoms with Gasteiger partial charge in [0.05, 0.1) is 13.1 Å². The molecule has 0 saturated carbocycles. The molecule has 2 N–H and O–H groups in total. The van der Waals surface area contributed by atoms with Gasteiger partial charge in [-0.3, -0.25) is 9.69 Å². The molecule has 1 fully saturated rings. The Morgan fingerprint density at radius 2 is 1.70 bits per heavy atom. The van der Waals surface area contributed by atoms with Crippen molar-refractivity contribution in [3.8, 4) is 0 Å². The predicted octanol–water partition coefficient (Wildman–Crippen LogP) is 2.43. The lowest BCUT2D eigenvalue weighted by atomic mass is 10.1. The number of aliphatic imine (C=N–C) groups is 1. The van der Waals surface area contributed by atoms with Gasteiger partial charge in [0.15, 0.2) is 5.96 Å². The zero-order valence-electron chi connectivity index (χ0n) is 16.8. The minimum Gasteiger partial charge on any atom is -0.357 e. The van der Waals surface area contributed by atoms with Crippen LogP contribution in [-0.4, -0.2) is 61.9 Å². The average molecular weight is 487 g/mol. The molecule has 1 heterocycles. The molecule has 0 aromatic heterocycles. The molecule has 2 rings (SSSR count). The van der Waals surface area contributed by atoms with Gasteiger partial charge in [0.2, 0.25) is 5.91 Å². The fourth-order valence-electron chi connectivity index (χ4n) is 2.96. The molecule has 0 atom stereocenters. The molecule has 0 unspecified atom stereocenters. The predicted molar refractivity (Wildman–Crippen MR) is 122 cm³/mol. The summed E-state index contributed by atoms with van der Waals surface area (Å²) < 4.78 is 0. The van der Waals surface area contributed by atoms with Gasteiger partial charge < -0.3 is 15.5 Å². The molecule has 7 heteroatoms. The summed E-state index contributed by atoms with van der Waals surface area (Å²) in [6.07, 6.45) is 4.02. The van der Waals surface area contributed by atoms with E-state index in [0.717, 1.165) is 13.1 Å². The number of guanidine groups is 1. The van der Waals surface area contributed by atoms with Crippen LogP contribution in [0.1, 0.15) is 37.3 Å². The van der Waals surface area contributed by atoms with Crippen LogP contribution in [0.5, 0.6) is 0 Å². The van der Waals surface area contributed by atoms with E-state index in [9.17, 15) is 4.79 Å². The number of likely N-dealkylation sites (tertiary alicyclic amines) is 1. The van der Waals surface area contributed by atoms with Gasteiger partial charge >= 0.3 is 0 Å². The van der Waals surface area contributed by atoms with Crippen LogP contribution in [0.2, 0.25) is 0 Å². The molecule has 1 aliphatic heterocycles. The molecule has 6 nitrogen and oxygen atoms in total. The SMILES string of the molecule is CCNC(=NCc1ccc(CN2CCCCC2)cc1)NCC(=O)N(C)C.I. The summed E-state index contributed by atoms with van der Waals surface area (Å²) in [5, 5.41) is 6.25. The largest absolute Gasteiger partial charge is 0.357 e. The number of hydrogen-bond acceptors (Lipinski definition) is 3. The van der Waals surface area contributed by atoms with Gasteiger partial charge in [0, 0.05) is 27.2 Å². The quantitative estimate of drug-likeness (QED) is 0.353. The second-order valence-electron chi connectivity index (χ2n) is 6.99. The van der Waals surface area contributed by atoms with Gasteiger partial charge in [-0.15, -0.1) is 24.0 Å². The lowest BCUT2D eigenvalue weighted by Crippen LogP contribution is -2.42. The maximum absolute atomic E-state index is 11.7. The minimum absolute atomic E-state index is 0. The Kier molecular flexibility index (Phi) is 11.3. The monoisotopic (exact) mass is 487 g/mol. The first-order valence-electron chi connectivity index (χ1n) is 9.61. The number of halogens is 1. The van der Waals surface area contributed by atoms with E-state index in [1.54, 1.807) is 19.0 Å². The van der Waals surface area contributed by atoms with Gasteiger partial charge in [-0.05, 0) is 44.0 Å². The van der Waals surface area contributed by atoms with E-state index in [0.29, 0.717) is 12.5 Å². The molecule has 1 aromatic carbocycles. The highest BCUT2D eigenvalue weighted by molar-refractivity contribution is 14.0. The van der Waals surface area contributed by atoms with Crippen molar-refractivity contribution in [2.75, 3.05) is 40.3 Å². The molecular formula is C20H34IN5O. The zero-order valence-corrected chi connectivity index (χ0v) is 19.2. The summed E-state index contributed by atoms with van der Waals surface area (Å²) in [7, 11) is 3.50. The third-order valence-electron chi connectivity index (χ3n) is 4.55. The number of amides is 1. The highest BCUT2D eigenvalue weighted by Crippen LogP contribution is 2.13. The maximum atomic E-state index is 11.7. The summed E-state index contributed by atoms with van der Waals surface area (Å²) in [4.78, 5) is 20.4. The first kappa shape index (κ1) is 23.7. The topological polar surface area (TPSA) is 60.0 Å². The molecule has 152 valence electrons. The van der Waals surface area contributed by atoms with Crippen molar-refractivity contribution in [2.24, 2.45) is 4.99 Å². The van der Waals surface area contributed by atoms with Crippen LogP contribution in [0.4, 0.5) is 0 Å². The molecule has 1 aromatic rings. The summed E-state index contributed by atoms with van der Waals surface area (Å²) in [6.45, 7) is 7.09. The first-order valence-corrected chi connectivity index (χ1v) is 9.61. The van der Waals surface area contributed by atoms with Crippen LogP contribution in [0.25, 0.3) is 0 Å². The zero-order chi connectivity index (χ0) is 18.8. The van der Waals surface area contributed by atoms with E-state index < -0.39 is 0 Å². The highest BCUT2D eigenvalue weighted by atomic mass is 127. The van der Waals surface area contributed by atoms with Crippen LogP contribution >= 0.6 is 24.0 Å². The van der Waals surface area contributed by atoms with Crippen molar-refractivity contribution in [2.45, 2.75) is 39.3 Å². The second kappa shape index (κ2) is 12.9. The first-order chi connectivity index (χ1) is 12.6. The van der Waals surface area contributed by atoms with E-state index >= 15 is 0 Å². The number of hydrogen-bond donors (Lipinski definition) is 2. The number of nitrogens with zero attached hydrogens (tertiary/aromatic N) is 3. The molecule has 0 aliphatic carbocycles. The molecule has 0 radical (unpaired) electrons. The van der Waals surface area contributed by atoms with Gasteiger partial charge in [-0.25, -0.2) is 4.99 Å². The van der Waals surface area contributed by atoms with E-state index in [-0.39, 0.29) is 36.4 Å². The van der Waals surface area contributed by atoms with Crippen LogP contribution in [-0.2, 0) is 17.9 Å².